The number of para-hydroxylation sites is 1. The molecule has 0 aliphatic heterocycles. The van der Waals surface area contributed by atoms with Crippen LogP contribution in [0.5, 0.6) is 5.75 Å². The van der Waals surface area contributed by atoms with E-state index in [0.717, 1.165) is 22.2 Å². The fraction of sp³-hybridized carbons (Fsp3) is 0.154. The van der Waals surface area contributed by atoms with Crippen molar-refractivity contribution in [2.24, 2.45) is 0 Å². The Morgan fingerprint density at radius 3 is 3.00 bits per heavy atom. The molecule has 1 aromatic carbocycles. The molecule has 1 N–H and O–H groups in total. The zero-order valence-electron chi connectivity index (χ0n) is 9.48. The third-order valence-electron chi connectivity index (χ3n) is 2.24. The lowest BCUT2D eigenvalue weighted by Gasteiger charge is -2.07. The van der Waals surface area contributed by atoms with E-state index >= 15 is 0 Å². The van der Waals surface area contributed by atoms with E-state index in [1.807, 2.05) is 37.3 Å². The van der Waals surface area contributed by atoms with Gasteiger partial charge in [-0.05, 0) is 25.1 Å². The Hall–Kier alpha value is -1.74. The maximum Gasteiger partial charge on any atom is 0.141 e. The lowest BCUT2D eigenvalue weighted by atomic mass is 10.2. The number of benzene rings is 1. The van der Waals surface area contributed by atoms with E-state index in [4.69, 9.17) is 16.3 Å². The summed E-state index contributed by atoms with van der Waals surface area (Å²) in [7, 11) is 0. The molecule has 2 rings (SSSR count). The normalized spacial score (nSPS) is 11.5. The molecule has 0 aliphatic carbocycles. The number of nitrogens with zero attached hydrogens (tertiary/aromatic N) is 1. The van der Waals surface area contributed by atoms with E-state index in [-0.39, 0.29) is 0 Å². The number of hydrogen-bond donors (Lipinski definition) is 1. The molecule has 0 bridgehead atoms. The fourth-order valence-corrected chi connectivity index (χ4v) is 1.51. The number of imidazole rings is 1. The number of nitrogens with one attached hydrogen (secondary N) is 1. The lowest BCUT2D eigenvalue weighted by molar-refractivity contribution is 0.364. The number of hydrogen-bond acceptors (Lipinski definition) is 2. The fourth-order valence-electron chi connectivity index (χ4n) is 1.45. The molecule has 17 heavy (non-hydrogen) atoms. The first kappa shape index (κ1) is 11.7. The molecule has 0 amide bonds. The molecular weight excluding hydrogens is 236 g/mol. The highest BCUT2D eigenvalue weighted by Gasteiger charge is 2.06. The quantitative estimate of drug-likeness (QED) is 0.898. The molecule has 88 valence electrons. The van der Waals surface area contributed by atoms with E-state index in [1.54, 1.807) is 12.4 Å². The molecule has 0 spiro atoms. The van der Waals surface area contributed by atoms with Crippen molar-refractivity contribution in [3.05, 3.63) is 47.8 Å². The lowest BCUT2D eigenvalue weighted by Crippen LogP contribution is -1.96. The smallest absolute Gasteiger partial charge is 0.141 e. The topological polar surface area (TPSA) is 37.9 Å². The van der Waals surface area contributed by atoms with Crippen molar-refractivity contribution in [1.29, 1.82) is 0 Å². The number of aromatic amines is 1. The highest BCUT2D eigenvalue weighted by atomic mass is 35.5. The van der Waals surface area contributed by atoms with Crippen molar-refractivity contribution in [3.63, 3.8) is 0 Å². The minimum atomic E-state index is 0.451. The predicted octanol–water partition coefficient (Wildman–Crippen LogP) is 3.60. The van der Waals surface area contributed by atoms with Crippen LogP contribution in [-0.4, -0.2) is 16.6 Å². The van der Waals surface area contributed by atoms with Gasteiger partial charge >= 0.3 is 0 Å². The summed E-state index contributed by atoms with van der Waals surface area (Å²) in [6, 6.07) is 7.76. The number of rotatable bonds is 4. The van der Waals surface area contributed by atoms with Gasteiger partial charge < -0.3 is 9.72 Å². The van der Waals surface area contributed by atoms with Gasteiger partial charge in [-0.25, -0.2) is 4.98 Å². The standard InChI is InChI=1S/C13H13ClN2O/c1-10(14)6-9-17-12-5-3-2-4-11(12)13-15-7-8-16-13/h2-8H,9H2,1H3,(H,15,16). The first-order valence-electron chi connectivity index (χ1n) is 5.31. The summed E-state index contributed by atoms with van der Waals surface area (Å²) in [4.78, 5) is 7.27. The summed E-state index contributed by atoms with van der Waals surface area (Å²) in [5, 5.41) is 0.723. The molecule has 0 saturated heterocycles. The molecule has 0 saturated carbocycles. The zero-order valence-corrected chi connectivity index (χ0v) is 10.2. The SMILES string of the molecule is CC(Cl)=CCOc1ccccc1-c1ncc[nH]1. The van der Waals surface area contributed by atoms with Crippen molar-refractivity contribution in [2.45, 2.75) is 6.92 Å². The average Bonchev–Trinajstić information content (AvgIpc) is 2.82. The van der Waals surface area contributed by atoms with Crippen molar-refractivity contribution in [1.82, 2.24) is 9.97 Å². The molecule has 2 aromatic rings. The predicted molar refractivity (Wildman–Crippen MR) is 69.1 cm³/mol. The van der Waals surface area contributed by atoms with Gasteiger partial charge in [0.25, 0.3) is 0 Å². The Balaban J connectivity index is 2.20. The zero-order chi connectivity index (χ0) is 12.1. The molecule has 1 aromatic heterocycles. The Kier molecular flexibility index (Phi) is 3.83. The van der Waals surface area contributed by atoms with Gasteiger partial charge in [-0.1, -0.05) is 23.7 Å². The van der Waals surface area contributed by atoms with E-state index in [1.165, 1.54) is 0 Å². The van der Waals surface area contributed by atoms with Gasteiger partial charge in [-0.15, -0.1) is 0 Å². The summed E-state index contributed by atoms with van der Waals surface area (Å²) in [6.45, 7) is 2.27. The van der Waals surface area contributed by atoms with Crippen LogP contribution in [0, 0.1) is 0 Å². The average molecular weight is 249 g/mol. The van der Waals surface area contributed by atoms with E-state index < -0.39 is 0 Å². The van der Waals surface area contributed by atoms with Crippen molar-refractivity contribution >= 4 is 11.6 Å². The van der Waals surface area contributed by atoms with Gasteiger partial charge in [0.15, 0.2) is 0 Å². The summed E-state index contributed by atoms with van der Waals surface area (Å²) in [5.41, 5.74) is 0.943. The van der Waals surface area contributed by atoms with Crippen LogP contribution >= 0.6 is 11.6 Å². The highest BCUT2D eigenvalue weighted by Crippen LogP contribution is 2.26. The largest absolute Gasteiger partial charge is 0.489 e. The van der Waals surface area contributed by atoms with Crippen LogP contribution in [0.2, 0.25) is 0 Å². The molecular formula is C13H13ClN2O. The van der Waals surface area contributed by atoms with Gasteiger partial charge in [-0.2, -0.15) is 0 Å². The van der Waals surface area contributed by atoms with Gasteiger partial charge in [0.2, 0.25) is 0 Å². The second kappa shape index (κ2) is 5.55. The molecule has 0 radical (unpaired) electrons. The third kappa shape index (κ3) is 3.11. The van der Waals surface area contributed by atoms with Crippen molar-refractivity contribution < 1.29 is 4.74 Å². The second-order valence-corrected chi connectivity index (χ2v) is 4.13. The Morgan fingerprint density at radius 1 is 1.47 bits per heavy atom. The van der Waals surface area contributed by atoms with Crippen molar-refractivity contribution in [3.8, 4) is 17.1 Å². The van der Waals surface area contributed by atoms with Crippen LogP contribution in [0.15, 0.2) is 47.8 Å². The minimum Gasteiger partial charge on any atom is -0.489 e. The van der Waals surface area contributed by atoms with Gasteiger partial charge in [0, 0.05) is 17.4 Å². The number of allylic oxidation sites excluding steroid dienone is 1. The number of ether oxygens (including phenoxy) is 1. The number of aromatic nitrogens is 2. The molecule has 0 atom stereocenters. The van der Waals surface area contributed by atoms with E-state index in [9.17, 15) is 0 Å². The molecule has 0 unspecified atom stereocenters. The molecule has 0 aliphatic rings. The Morgan fingerprint density at radius 2 is 2.29 bits per heavy atom. The van der Waals surface area contributed by atoms with Gasteiger partial charge in [0.05, 0.1) is 5.56 Å². The Bertz CT molecular complexity index is 502. The van der Waals surface area contributed by atoms with Crippen LogP contribution in [0.25, 0.3) is 11.4 Å². The molecule has 3 nitrogen and oxygen atoms in total. The number of halogens is 1. The third-order valence-corrected chi connectivity index (χ3v) is 2.40. The molecule has 4 heteroatoms. The summed E-state index contributed by atoms with van der Waals surface area (Å²) >= 11 is 5.75. The summed E-state index contributed by atoms with van der Waals surface area (Å²) in [5.74, 6) is 1.59. The van der Waals surface area contributed by atoms with E-state index in [2.05, 4.69) is 9.97 Å². The minimum absolute atomic E-state index is 0.451. The molecule has 0 fully saturated rings. The van der Waals surface area contributed by atoms with Gasteiger partial charge in [0.1, 0.15) is 18.2 Å². The van der Waals surface area contributed by atoms with Crippen LogP contribution < -0.4 is 4.74 Å². The van der Waals surface area contributed by atoms with Crippen LogP contribution in [-0.2, 0) is 0 Å². The second-order valence-electron chi connectivity index (χ2n) is 3.54. The van der Waals surface area contributed by atoms with Gasteiger partial charge in [-0.3, -0.25) is 0 Å². The van der Waals surface area contributed by atoms with E-state index in [0.29, 0.717) is 6.61 Å². The number of H-pyrrole nitrogens is 1. The van der Waals surface area contributed by atoms with Crippen LogP contribution in [0.1, 0.15) is 6.92 Å². The maximum atomic E-state index is 5.75. The maximum absolute atomic E-state index is 5.75. The highest BCUT2D eigenvalue weighted by molar-refractivity contribution is 6.29. The first-order chi connectivity index (χ1) is 8.27. The summed E-state index contributed by atoms with van der Waals surface area (Å²) < 4.78 is 5.65. The monoisotopic (exact) mass is 248 g/mol. The van der Waals surface area contributed by atoms with Crippen LogP contribution in [0.4, 0.5) is 0 Å². The summed E-state index contributed by atoms with van der Waals surface area (Å²) in [6.07, 6.45) is 5.32. The molecule has 1 heterocycles. The first-order valence-corrected chi connectivity index (χ1v) is 5.69. The van der Waals surface area contributed by atoms with Crippen molar-refractivity contribution in [2.75, 3.05) is 6.61 Å². The Labute approximate surface area is 105 Å². The van der Waals surface area contributed by atoms with Crippen LogP contribution in [0.3, 0.4) is 0 Å².